The maximum absolute atomic E-state index is 4.50. The molecule has 0 saturated heterocycles. The molecule has 26 heavy (non-hydrogen) atoms. The number of hydrogen-bond acceptors (Lipinski definition) is 4. The fourth-order valence-electron chi connectivity index (χ4n) is 2.98. The predicted molar refractivity (Wildman–Crippen MR) is 107 cm³/mol. The first-order chi connectivity index (χ1) is 12.4. The second-order valence-electron chi connectivity index (χ2n) is 7.58. The van der Waals surface area contributed by atoms with Gasteiger partial charge in [-0.1, -0.05) is 39.8 Å². The second kappa shape index (κ2) is 7.65. The lowest BCUT2D eigenvalue weighted by atomic mass is 9.80. The molecule has 2 aromatic heterocycles. The van der Waals surface area contributed by atoms with Crippen molar-refractivity contribution in [2.45, 2.75) is 39.5 Å². The highest BCUT2D eigenvalue weighted by atomic mass is 15.1. The van der Waals surface area contributed by atoms with Crippen molar-refractivity contribution < 1.29 is 0 Å². The molecule has 0 aliphatic heterocycles. The molecule has 0 atom stereocenters. The van der Waals surface area contributed by atoms with Crippen LogP contribution in [-0.2, 0) is 11.8 Å². The van der Waals surface area contributed by atoms with Gasteiger partial charge < -0.3 is 5.32 Å². The van der Waals surface area contributed by atoms with E-state index in [2.05, 4.69) is 72.2 Å². The van der Waals surface area contributed by atoms with Gasteiger partial charge in [-0.2, -0.15) is 0 Å². The predicted octanol–water partition coefficient (Wildman–Crippen LogP) is 5.14. The molecule has 0 fully saturated rings. The first-order valence-electron chi connectivity index (χ1n) is 9.04. The quantitative estimate of drug-likeness (QED) is 0.671. The Kier molecular flexibility index (Phi) is 5.31. The summed E-state index contributed by atoms with van der Waals surface area (Å²) in [6.45, 7) is 8.80. The summed E-state index contributed by atoms with van der Waals surface area (Å²) < 4.78 is 0. The Hall–Kier alpha value is -2.75. The zero-order chi connectivity index (χ0) is 18.6. The number of pyridine rings is 1. The Morgan fingerprint density at radius 2 is 1.50 bits per heavy atom. The van der Waals surface area contributed by atoms with Crippen LogP contribution in [0.2, 0.25) is 0 Å². The third kappa shape index (κ3) is 4.26. The van der Waals surface area contributed by atoms with E-state index in [0.29, 0.717) is 11.9 Å². The van der Waals surface area contributed by atoms with E-state index in [4.69, 9.17) is 0 Å². The minimum Gasteiger partial charge on any atom is -0.324 e. The SMILES string of the molecule is CC(C)Cc1ccc(Nc2ncc(C(C)(C)c3ccncc3)cn2)cc1. The highest BCUT2D eigenvalue weighted by Crippen LogP contribution is 2.30. The molecule has 0 aliphatic carbocycles. The van der Waals surface area contributed by atoms with Gasteiger partial charge in [0.1, 0.15) is 0 Å². The molecule has 3 rings (SSSR count). The maximum Gasteiger partial charge on any atom is 0.227 e. The van der Waals surface area contributed by atoms with Gasteiger partial charge in [0.15, 0.2) is 0 Å². The molecule has 4 heteroatoms. The molecule has 0 amide bonds. The topological polar surface area (TPSA) is 50.7 Å². The summed E-state index contributed by atoms with van der Waals surface area (Å²) >= 11 is 0. The number of nitrogens with zero attached hydrogens (tertiary/aromatic N) is 3. The lowest BCUT2D eigenvalue weighted by molar-refractivity contribution is 0.632. The molecule has 1 aromatic carbocycles. The Bertz CT molecular complexity index is 822. The average molecular weight is 346 g/mol. The van der Waals surface area contributed by atoms with Crippen molar-refractivity contribution >= 4 is 11.6 Å². The summed E-state index contributed by atoms with van der Waals surface area (Å²) in [5.41, 5.74) is 4.44. The molecule has 0 aliphatic rings. The van der Waals surface area contributed by atoms with Crippen molar-refractivity contribution in [3.63, 3.8) is 0 Å². The molecule has 0 radical (unpaired) electrons. The van der Waals surface area contributed by atoms with Gasteiger partial charge in [-0.05, 0) is 53.3 Å². The van der Waals surface area contributed by atoms with Crippen molar-refractivity contribution in [3.8, 4) is 0 Å². The number of nitrogens with one attached hydrogen (secondary N) is 1. The zero-order valence-corrected chi connectivity index (χ0v) is 15.9. The van der Waals surface area contributed by atoms with E-state index in [1.165, 1.54) is 11.1 Å². The lowest BCUT2D eigenvalue weighted by Gasteiger charge is -2.25. The van der Waals surface area contributed by atoms with Gasteiger partial charge in [0, 0.05) is 35.9 Å². The first kappa shape index (κ1) is 18.1. The molecular weight excluding hydrogens is 320 g/mol. The molecule has 1 N–H and O–H groups in total. The summed E-state index contributed by atoms with van der Waals surface area (Å²) in [4.78, 5) is 13.1. The molecule has 0 spiro atoms. The van der Waals surface area contributed by atoms with Gasteiger partial charge in [-0.3, -0.25) is 4.98 Å². The number of rotatable bonds is 6. The summed E-state index contributed by atoms with van der Waals surface area (Å²) in [6.07, 6.45) is 8.51. The molecule has 4 nitrogen and oxygen atoms in total. The second-order valence-corrected chi connectivity index (χ2v) is 7.58. The van der Waals surface area contributed by atoms with E-state index in [9.17, 15) is 0 Å². The summed E-state index contributed by atoms with van der Waals surface area (Å²) in [7, 11) is 0. The summed E-state index contributed by atoms with van der Waals surface area (Å²) in [5, 5.41) is 3.27. The Labute approximate surface area is 155 Å². The van der Waals surface area contributed by atoms with Crippen LogP contribution in [0.3, 0.4) is 0 Å². The van der Waals surface area contributed by atoms with Crippen LogP contribution in [0.4, 0.5) is 11.6 Å². The molecule has 134 valence electrons. The highest BCUT2D eigenvalue weighted by Gasteiger charge is 2.23. The van der Waals surface area contributed by atoms with Gasteiger partial charge in [0.05, 0.1) is 0 Å². The smallest absolute Gasteiger partial charge is 0.227 e. The van der Waals surface area contributed by atoms with Crippen molar-refractivity contribution in [3.05, 3.63) is 77.9 Å². The molecule has 0 saturated carbocycles. The number of hydrogen-bond donors (Lipinski definition) is 1. The fraction of sp³-hybridized carbons (Fsp3) is 0.318. The largest absolute Gasteiger partial charge is 0.324 e. The Balaban J connectivity index is 1.72. The maximum atomic E-state index is 4.50. The molecule has 0 bridgehead atoms. The molecular formula is C22H26N4. The zero-order valence-electron chi connectivity index (χ0n) is 15.9. The van der Waals surface area contributed by atoms with E-state index >= 15 is 0 Å². The highest BCUT2D eigenvalue weighted by molar-refractivity contribution is 5.53. The number of aromatic nitrogens is 3. The third-order valence-electron chi connectivity index (χ3n) is 4.63. The van der Waals surface area contributed by atoms with Crippen LogP contribution < -0.4 is 5.32 Å². The molecule has 0 unspecified atom stereocenters. The monoisotopic (exact) mass is 346 g/mol. The van der Waals surface area contributed by atoms with Crippen LogP contribution in [0.15, 0.2) is 61.2 Å². The normalized spacial score (nSPS) is 11.6. The van der Waals surface area contributed by atoms with Crippen LogP contribution in [0, 0.1) is 5.92 Å². The summed E-state index contributed by atoms with van der Waals surface area (Å²) in [6, 6.07) is 12.5. The number of benzene rings is 1. The van der Waals surface area contributed by atoms with Gasteiger partial charge in [0.2, 0.25) is 5.95 Å². The minimum atomic E-state index is -0.167. The fourth-order valence-corrected chi connectivity index (χ4v) is 2.98. The van der Waals surface area contributed by atoms with Crippen molar-refractivity contribution in [2.24, 2.45) is 5.92 Å². The van der Waals surface area contributed by atoms with Crippen LogP contribution in [0.1, 0.15) is 44.4 Å². The average Bonchev–Trinajstić information content (AvgIpc) is 2.64. The standard InChI is InChI=1S/C22H26N4/c1-16(2)13-17-5-7-20(8-6-17)26-21-24-14-19(15-25-21)22(3,4)18-9-11-23-12-10-18/h5-12,14-16H,13H2,1-4H3,(H,24,25,26). The van der Waals surface area contributed by atoms with E-state index in [1.54, 1.807) is 0 Å². The van der Waals surface area contributed by atoms with E-state index < -0.39 is 0 Å². The van der Waals surface area contributed by atoms with E-state index in [-0.39, 0.29) is 5.41 Å². The number of anilines is 2. The Morgan fingerprint density at radius 1 is 0.885 bits per heavy atom. The first-order valence-corrected chi connectivity index (χ1v) is 9.04. The van der Waals surface area contributed by atoms with Crippen molar-refractivity contribution in [1.82, 2.24) is 15.0 Å². The third-order valence-corrected chi connectivity index (χ3v) is 4.63. The molecule has 3 aromatic rings. The van der Waals surface area contributed by atoms with Crippen molar-refractivity contribution in [2.75, 3.05) is 5.32 Å². The lowest BCUT2D eigenvalue weighted by Crippen LogP contribution is -2.19. The van der Waals surface area contributed by atoms with Crippen LogP contribution >= 0.6 is 0 Å². The molecule has 2 heterocycles. The van der Waals surface area contributed by atoms with E-state index in [1.807, 2.05) is 36.9 Å². The van der Waals surface area contributed by atoms with Gasteiger partial charge in [-0.25, -0.2) is 9.97 Å². The van der Waals surface area contributed by atoms with Crippen LogP contribution in [0.5, 0.6) is 0 Å². The Morgan fingerprint density at radius 3 is 2.08 bits per heavy atom. The van der Waals surface area contributed by atoms with Crippen LogP contribution in [0.25, 0.3) is 0 Å². The van der Waals surface area contributed by atoms with Crippen LogP contribution in [-0.4, -0.2) is 15.0 Å². The van der Waals surface area contributed by atoms with Gasteiger partial charge in [-0.15, -0.1) is 0 Å². The van der Waals surface area contributed by atoms with Gasteiger partial charge in [0.25, 0.3) is 0 Å². The van der Waals surface area contributed by atoms with Crippen molar-refractivity contribution in [1.29, 1.82) is 0 Å². The summed E-state index contributed by atoms with van der Waals surface area (Å²) in [5.74, 6) is 1.27. The van der Waals surface area contributed by atoms with Gasteiger partial charge >= 0.3 is 0 Å². The van der Waals surface area contributed by atoms with E-state index in [0.717, 1.165) is 17.7 Å². The minimum absolute atomic E-state index is 0.167.